The first-order valence-electron chi connectivity index (χ1n) is 6.42. The summed E-state index contributed by atoms with van der Waals surface area (Å²) in [4.78, 5) is 0. The van der Waals surface area contributed by atoms with Crippen LogP contribution in [0, 0.1) is 5.92 Å². The molecular formula is C14H22ClNO2S. The summed E-state index contributed by atoms with van der Waals surface area (Å²) in [6.07, 6.45) is 0.641. The minimum absolute atomic E-state index is 0.129. The Bertz CT molecular complexity index is 487. The van der Waals surface area contributed by atoms with Crippen LogP contribution in [0.25, 0.3) is 0 Å². The van der Waals surface area contributed by atoms with Gasteiger partial charge in [0.1, 0.15) is 0 Å². The molecule has 0 amide bonds. The van der Waals surface area contributed by atoms with Gasteiger partial charge in [-0.1, -0.05) is 44.2 Å². The lowest BCUT2D eigenvalue weighted by Gasteiger charge is -2.29. The molecule has 3 nitrogen and oxygen atoms in total. The van der Waals surface area contributed by atoms with Crippen molar-refractivity contribution in [1.29, 1.82) is 0 Å². The maximum Gasteiger partial charge on any atom is 0.212 e. The first-order valence-corrected chi connectivity index (χ1v) is 8.61. The molecule has 1 aromatic rings. The molecule has 5 heteroatoms. The highest BCUT2D eigenvalue weighted by Gasteiger charge is 2.30. The van der Waals surface area contributed by atoms with Crippen LogP contribution in [0.5, 0.6) is 0 Å². The molecule has 108 valence electrons. The zero-order chi connectivity index (χ0) is 14.5. The Kier molecular flexibility index (Phi) is 5.83. The third-order valence-electron chi connectivity index (χ3n) is 3.02. The van der Waals surface area contributed by atoms with E-state index in [-0.39, 0.29) is 11.6 Å². The molecule has 0 saturated carbocycles. The van der Waals surface area contributed by atoms with E-state index in [9.17, 15) is 8.42 Å². The Morgan fingerprint density at radius 3 is 2.32 bits per heavy atom. The van der Waals surface area contributed by atoms with Crippen molar-refractivity contribution in [3.63, 3.8) is 0 Å². The predicted octanol–water partition coefficient (Wildman–Crippen LogP) is 3.11. The monoisotopic (exact) mass is 303 g/mol. The number of halogens is 1. The van der Waals surface area contributed by atoms with Crippen molar-refractivity contribution in [2.75, 3.05) is 11.6 Å². The second kappa shape index (κ2) is 6.73. The fourth-order valence-electron chi connectivity index (χ4n) is 1.75. The third-order valence-corrected chi connectivity index (χ3v) is 5.09. The van der Waals surface area contributed by atoms with Gasteiger partial charge in [0.05, 0.1) is 11.3 Å². The maximum absolute atomic E-state index is 12.1. The second-order valence-electron chi connectivity index (χ2n) is 5.44. The minimum Gasteiger partial charge on any atom is -0.212 e. The molecule has 0 fully saturated rings. The van der Waals surface area contributed by atoms with E-state index in [2.05, 4.69) is 4.72 Å². The van der Waals surface area contributed by atoms with Gasteiger partial charge in [0.15, 0.2) is 0 Å². The van der Waals surface area contributed by atoms with Crippen LogP contribution in [0.2, 0.25) is 0 Å². The van der Waals surface area contributed by atoms with Gasteiger partial charge in [0, 0.05) is 5.88 Å². The molecule has 0 radical (unpaired) electrons. The van der Waals surface area contributed by atoms with E-state index >= 15 is 0 Å². The zero-order valence-electron chi connectivity index (χ0n) is 11.7. The van der Waals surface area contributed by atoms with Crippen LogP contribution < -0.4 is 4.72 Å². The van der Waals surface area contributed by atoms with Crippen LogP contribution in [0.4, 0.5) is 0 Å². The Labute approximate surface area is 121 Å². The van der Waals surface area contributed by atoms with E-state index in [1.165, 1.54) is 0 Å². The molecule has 0 heterocycles. The molecule has 0 aliphatic rings. The topological polar surface area (TPSA) is 46.2 Å². The summed E-state index contributed by atoms with van der Waals surface area (Å²) in [5.74, 6) is 0.678. The Morgan fingerprint density at radius 2 is 1.84 bits per heavy atom. The molecule has 0 aliphatic carbocycles. The Morgan fingerprint density at radius 1 is 1.26 bits per heavy atom. The number of benzene rings is 1. The lowest BCUT2D eigenvalue weighted by atomic mass is 9.96. The fourth-order valence-corrected chi connectivity index (χ4v) is 3.82. The summed E-state index contributed by atoms with van der Waals surface area (Å²) >= 11 is 5.99. The van der Waals surface area contributed by atoms with Gasteiger partial charge in [-0.3, -0.25) is 0 Å². The van der Waals surface area contributed by atoms with E-state index < -0.39 is 15.6 Å². The van der Waals surface area contributed by atoms with Crippen LogP contribution in [-0.4, -0.2) is 20.1 Å². The minimum atomic E-state index is -3.33. The molecule has 1 atom stereocenters. The van der Waals surface area contributed by atoms with Gasteiger partial charge in [-0.25, -0.2) is 13.1 Å². The van der Waals surface area contributed by atoms with Gasteiger partial charge in [-0.15, -0.1) is 11.6 Å². The van der Waals surface area contributed by atoms with Crippen LogP contribution in [0.1, 0.15) is 32.8 Å². The van der Waals surface area contributed by atoms with Crippen molar-refractivity contribution in [2.24, 2.45) is 5.92 Å². The number of alkyl halides is 1. The smallest absolute Gasteiger partial charge is 0.212 e. The lowest BCUT2D eigenvalue weighted by molar-refractivity contribution is 0.473. The third kappa shape index (κ3) is 5.13. The molecule has 1 N–H and O–H groups in total. The van der Waals surface area contributed by atoms with Gasteiger partial charge in [-0.05, 0) is 24.8 Å². The standard InChI is InChI=1S/C14H22ClNO2S/c1-12(2)9-10-19(17,18)16-14(3,11-15)13-7-5-4-6-8-13/h4-8,12,16H,9-11H2,1-3H3. The average Bonchev–Trinajstić information content (AvgIpc) is 2.37. The van der Waals surface area contributed by atoms with E-state index in [1.54, 1.807) is 0 Å². The first-order chi connectivity index (χ1) is 8.79. The van der Waals surface area contributed by atoms with Gasteiger partial charge in [0.2, 0.25) is 10.0 Å². The van der Waals surface area contributed by atoms with Crippen molar-refractivity contribution in [3.8, 4) is 0 Å². The highest BCUT2D eigenvalue weighted by Crippen LogP contribution is 2.23. The Balaban J connectivity index is 2.87. The second-order valence-corrected chi connectivity index (χ2v) is 7.54. The number of hydrogen-bond donors (Lipinski definition) is 1. The largest absolute Gasteiger partial charge is 0.212 e. The van der Waals surface area contributed by atoms with Gasteiger partial charge in [0.25, 0.3) is 0 Å². The highest BCUT2D eigenvalue weighted by atomic mass is 35.5. The predicted molar refractivity (Wildman–Crippen MR) is 80.9 cm³/mol. The number of hydrogen-bond acceptors (Lipinski definition) is 2. The van der Waals surface area contributed by atoms with E-state index in [4.69, 9.17) is 11.6 Å². The van der Waals surface area contributed by atoms with Crippen molar-refractivity contribution in [2.45, 2.75) is 32.7 Å². The normalized spacial score (nSPS) is 15.4. The summed E-state index contributed by atoms with van der Waals surface area (Å²) in [6.45, 7) is 5.82. The molecule has 1 aromatic carbocycles. The fraction of sp³-hybridized carbons (Fsp3) is 0.571. The van der Waals surface area contributed by atoms with Gasteiger partial charge in [-0.2, -0.15) is 0 Å². The van der Waals surface area contributed by atoms with E-state index in [0.717, 1.165) is 5.56 Å². The summed E-state index contributed by atoms with van der Waals surface area (Å²) in [6, 6.07) is 9.41. The van der Waals surface area contributed by atoms with Crippen molar-refractivity contribution < 1.29 is 8.42 Å². The Hall–Kier alpha value is -0.580. The molecule has 0 aliphatic heterocycles. The van der Waals surface area contributed by atoms with Gasteiger partial charge >= 0.3 is 0 Å². The van der Waals surface area contributed by atoms with E-state index in [0.29, 0.717) is 12.3 Å². The number of nitrogens with one attached hydrogen (secondary N) is 1. The number of rotatable bonds is 7. The van der Waals surface area contributed by atoms with Crippen molar-refractivity contribution in [3.05, 3.63) is 35.9 Å². The quantitative estimate of drug-likeness (QED) is 0.787. The van der Waals surface area contributed by atoms with Crippen molar-refractivity contribution in [1.82, 2.24) is 4.72 Å². The van der Waals surface area contributed by atoms with E-state index in [1.807, 2.05) is 51.1 Å². The molecule has 0 aromatic heterocycles. The average molecular weight is 304 g/mol. The van der Waals surface area contributed by atoms with Crippen LogP contribution in [-0.2, 0) is 15.6 Å². The zero-order valence-corrected chi connectivity index (χ0v) is 13.3. The molecular weight excluding hydrogens is 282 g/mol. The highest BCUT2D eigenvalue weighted by molar-refractivity contribution is 7.89. The summed E-state index contributed by atoms with van der Waals surface area (Å²) in [5, 5.41) is 0. The maximum atomic E-state index is 12.1. The number of sulfonamides is 1. The molecule has 19 heavy (non-hydrogen) atoms. The SMILES string of the molecule is CC(C)CCS(=O)(=O)NC(C)(CCl)c1ccccc1. The summed E-state index contributed by atoms with van der Waals surface area (Å²) in [7, 11) is -3.33. The molecule has 0 saturated heterocycles. The van der Waals surface area contributed by atoms with Crippen LogP contribution in [0.3, 0.4) is 0 Å². The summed E-state index contributed by atoms with van der Waals surface area (Å²) in [5.41, 5.74) is 0.108. The van der Waals surface area contributed by atoms with Crippen LogP contribution in [0.15, 0.2) is 30.3 Å². The lowest BCUT2D eigenvalue weighted by Crippen LogP contribution is -2.46. The molecule has 0 spiro atoms. The molecule has 1 unspecified atom stereocenters. The first kappa shape index (κ1) is 16.5. The van der Waals surface area contributed by atoms with Crippen LogP contribution >= 0.6 is 11.6 Å². The summed E-state index contributed by atoms with van der Waals surface area (Å²) < 4.78 is 27.0. The molecule has 1 rings (SSSR count). The van der Waals surface area contributed by atoms with Crippen molar-refractivity contribution >= 4 is 21.6 Å². The van der Waals surface area contributed by atoms with Gasteiger partial charge < -0.3 is 0 Å². The molecule has 0 bridgehead atoms.